The predicted octanol–water partition coefficient (Wildman–Crippen LogP) is 6.37. The third-order valence-corrected chi connectivity index (χ3v) is 6.99. The van der Waals surface area contributed by atoms with Crippen LogP contribution in [0.2, 0.25) is 0 Å². The normalized spacial score (nSPS) is 14.4. The van der Waals surface area contributed by atoms with Gasteiger partial charge in [0.25, 0.3) is 11.8 Å². The zero-order valence-electron chi connectivity index (χ0n) is 20.7. The van der Waals surface area contributed by atoms with Gasteiger partial charge in [0.05, 0.1) is 17.9 Å². The van der Waals surface area contributed by atoms with E-state index in [1.807, 2.05) is 54.6 Å². The smallest absolute Gasteiger partial charge is 0.261 e. The van der Waals surface area contributed by atoms with Gasteiger partial charge in [0.1, 0.15) is 0 Å². The largest absolute Gasteiger partial charge is 0.317 e. The van der Waals surface area contributed by atoms with E-state index in [1.165, 1.54) is 10.3 Å². The van der Waals surface area contributed by atoms with E-state index in [-0.39, 0.29) is 18.4 Å². The minimum absolute atomic E-state index is 0.124. The molecule has 3 heterocycles. The number of amides is 2. The van der Waals surface area contributed by atoms with Gasteiger partial charge < -0.3 is 4.57 Å². The monoisotopic (exact) mass is 483 g/mol. The van der Waals surface area contributed by atoms with Crippen LogP contribution in [-0.4, -0.2) is 26.3 Å². The second-order valence-electron chi connectivity index (χ2n) is 9.28. The maximum absolute atomic E-state index is 13.8. The van der Waals surface area contributed by atoms with Crippen LogP contribution in [0.3, 0.4) is 0 Å². The zero-order valence-corrected chi connectivity index (χ0v) is 20.7. The highest BCUT2D eigenvalue weighted by Gasteiger charge is 2.35. The van der Waals surface area contributed by atoms with E-state index in [0.29, 0.717) is 22.4 Å². The molecule has 0 saturated heterocycles. The Bertz CT molecular complexity index is 1710. The molecule has 5 aromatic rings. The molecule has 0 spiro atoms. The molecule has 0 bridgehead atoms. The van der Waals surface area contributed by atoms with E-state index in [0.717, 1.165) is 28.0 Å². The molecule has 2 amide bonds. The quantitative estimate of drug-likeness (QED) is 0.221. The van der Waals surface area contributed by atoms with Crippen LogP contribution in [0.1, 0.15) is 38.6 Å². The van der Waals surface area contributed by atoms with E-state index in [1.54, 1.807) is 12.3 Å². The first kappa shape index (κ1) is 22.7. The van der Waals surface area contributed by atoms with Gasteiger partial charge >= 0.3 is 0 Å². The van der Waals surface area contributed by atoms with Gasteiger partial charge in [-0.25, -0.2) is 0 Å². The van der Waals surface area contributed by atoms with Crippen molar-refractivity contribution >= 4 is 34.2 Å². The van der Waals surface area contributed by atoms with Crippen LogP contribution in [0.15, 0.2) is 97.2 Å². The lowest BCUT2D eigenvalue weighted by molar-refractivity contribution is -0.123. The number of benzene rings is 3. The minimum Gasteiger partial charge on any atom is -0.317 e. The molecule has 0 fully saturated rings. The Kier molecular flexibility index (Phi) is 5.53. The number of aromatic nitrogens is 2. The lowest BCUT2D eigenvalue weighted by atomic mass is 9.92. The minimum atomic E-state index is -0.315. The first-order chi connectivity index (χ1) is 18.0. The summed E-state index contributed by atoms with van der Waals surface area (Å²) in [6.07, 6.45) is 3.59. The van der Waals surface area contributed by atoms with Gasteiger partial charge in [0, 0.05) is 34.1 Å². The molecule has 0 radical (unpaired) electrons. The van der Waals surface area contributed by atoms with E-state index in [9.17, 15) is 9.59 Å². The summed E-state index contributed by atoms with van der Waals surface area (Å²) in [7, 11) is 0. The molecular weight excluding hydrogens is 458 g/mol. The highest BCUT2D eigenvalue weighted by atomic mass is 16.2. The number of carbonyl (C=O) groups is 2. The van der Waals surface area contributed by atoms with Gasteiger partial charge in [0.15, 0.2) is 0 Å². The Labute approximate surface area is 215 Å². The Balaban J connectivity index is 1.48. The number of aryl methyl sites for hydroxylation is 1. The van der Waals surface area contributed by atoms with Crippen molar-refractivity contribution in [2.75, 3.05) is 0 Å². The summed E-state index contributed by atoms with van der Waals surface area (Å²) >= 11 is 0. The number of hydrogen-bond donors (Lipinski definition) is 0. The molecule has 0 saturated carbocycles. The molecule has 180 valence electrons. The van der Waals surface area contributed by atoms with Crippen molar-refractivity contribution in [1.82, 2.24) is 14.5 Å². The van der Waals surface area contributed by atoms with Gasteiger partial charge in [-0.05, 0) is 66.8 Å². The van der Waals surface area contributed by atoms with E-state index in [2.05, 4.69) is 59.8 Å². The number of nitrogens with zero attached hydrogens (tertiary/aromatic N) is 3. The molecule has 2 aromatic heterocycles. The van der Waals surface area contributed by atoms with Crippen molar-refractivity contribution in [3.63, 3.8) is 0 Å². The second kappa shape index (κ2) is 9.03. The molecule has 0 unspecified atom stereocenters. The molecule has 5 nitrogen and oxygen atoms in total. The first-order valence-corrected chi connectivity index (χ1v) is 12.3. The van der Waals surface area contributed by atoms with Crippen molar-refractivity contribution in [1.29, 1.82) is 0 Å². The molecular formula is C32H25N3O2. The molecule has 5 heteroatoms. The van der Waals surface area contributed by atoms with Gasteiger partial charge in [-0.1, -0.05) is 60.7 Å². The fourth-order valence-corrected chi connectivity index (χ4v) is 5.20. The fraction of sp³-hybridized carbons (Fsp3) is 0.0938. The average Bonchev–Trinajstić information content (AvgIpc) is 3.21. The standard InChI is InChI=1S/C32H25N3O2/c1-21-18-24(22(2)35(21)30-16-9-11-23-10-3-4-13-26(23)30)19-29-27-14-5-6-15-28(27)31(36)34(32(29)37)20-25-12-7-8-17-33-25/h3-19H,20H2,1-2H3/b29-19+. The summed E-state index contributed by atoms with van der Waals surface area (Å²) in [5.41, 5.74) is 6.48. The Hall–Kier alpha value is -4.77. The van der Waals surface area contributed by atoms with Crippen molar-refractivity contribution < 1.29 is 9.59 Å². The van der Waals surface area contributed by atoms with Crippen LogP contribution in [0.4, 0.5) is 0 Å². The third kappa shape index (κ3) is 3.85. The Morgan fingerprint density at radius 1 is 0.784 bits per heavy atom. The highest BCUT2D eigenvalue weighted by molar-refractivity contribution is 6.33. The number of rotatable bonds is 4. The Morgan fingerprint density at radius 3 is 2.32 bits per heavy atom. The SMILES string of the molecule is Cc1cc(/C=C2/C(=O)N(Cc3ccccn3)C(=O)c3ccccc32)c(C)n1-c1cccc2ccccc12. The maximum Gasteiger partial charge on any atom is 0.261 e. The maximum atomic E-state index is 13.8. The molecule has 0 N–H and O–H groups in total. The van der Waals surface area contributed by atoms with Gasteiger partial charge in [-0.3, -0.25) is 19.5 Å². The van der Waals surface area contributed by atoms with Crippen LogP contribution >= 0.6 is 0 Å². The van der Waals surface area contributed by atoms with E-state index < -0.39 is 0 Å². The number of imide groups is 1. The average molecular weight is 484 g/mol. The van der Waals surface area contributed by atoms with Gasteiger partial charge in [-0.2, -0.15) is 0 Å². The van der Waals surface area contributed by atoms with Crippen LogP contribution in [0.25, 0.3) is 28.1 Å². The lowest BCUT2D eigenvalue weighted by Gasteiger charge is -2.28. The molecule has 6 rings (SSSR count). The molecule has 0 aliphatic carbocycles. The molecule has 3 aromatic carbocycles. The van der Waals surface area contributed by atoms with Crippen LogP contribution in [-0.2, 0) is 11.3 Å². The van der Waals surface area contributed by atoms with E-state index in [4.69, 9.17) is 0 Å². The second-order valence-corrected chi connectivity index (χ2v) is 9.28. The number of pyridine rings is 1. The molecule has 0 atom stereocenters. The topological polar surface area (TPSA) is 55.2 Å². The Morgan fingerprint density at radius 2 is 1.51 bits per heavy atom. The zero-order chi connectivity index (χ0) is 25.5. The fourth-order valence-electron chi connectivity index (χ4n) is 5.20. The summed E-state index contributed by atoms with van der Waals surface area (Å²) in [4.78, 5) is 32.7. The predicted molar refractivity (Wildman–Crippen MR) is 146 cm³/mol. The van der Waals surface area contributed by atoms with Crippen molar-refractivity contribution in [3.8, 4) is 5.69 Å². The number of hydrogen-bond acceptors (Lipinski definition) is 3. The third-order valence-electron chi connectivity index (χ3n) is 6.99. The van der Waals surface area contributed by atoms with Crippen molar-refractivity contribution in [3.05, 3.63) is 131 Å². The summed E-state index contributed by atoms with van der Waals surface area (Å²) in [5.74, 6) is -0.617. The summed E-state index contributed by atoms with van der Waals surface area (Å²) in [5, 5.41) is 2.34. The van der Waals surface area contributed by atoms with Crippen molar-refractivity contribution in [2.45, 2.75) is 20.4 Å². The summed E-state index contributed by atoms with van der Waals surface area (Å²) < 4.78 is 2.23. The molecule has 37 heavy (non-hydrogen) atoms. The highest BCUT2D eigenvalue weighted by Crippen LogP contribution is 2.34. The van der Waals surface area contributed by atoms with E-state index >= 15 is 0 Å². The van der Waals surface area contributed by atoms with Crippen LogP contribution in [0.5, 0.6) is 0 Å². The van der Waals surface area contributed by atoms with Gasteiger partial charge in [0.2, 0.25) is 0 Å². The van der Waals surface area contributed by atoms with Crippen LogP contribution in [0, 0.1) is 13.8 Å². The van der Waals surface area contributed by atoms with Crippen molar-refractivity contribution in [2.24, 2.45) is 0 Å². The molecule has 1 aliphatic heterocycles. The van der Waals surface area contributed by atoms with Crippen LogP contribution < -0.4 is 0 Å². The first-order valence-electron chi connectivity index (χ1n) is 12.3. The lowest BCUT2D eigenvalue weighted by Crippen LogP contribution is -2.41. The molecule has 1 aliphatic rings. The summed E-state index contributed by atoms with van der Waals surface area (Å²) in [6.45, 7) is 4.26. The van der Waals surface area contributed by atoms with Gasteiger partial charge in [-0.15, -0.1) is 0 Å². The summed E-state index contributed by atoms with van der Waals surface area (Å²) in [6, 6.07) is 29.5. The number of carbonyl (C=O) groups excluding carboxylic acids is 2. The number of fused-ring (bicyclic) bond motifs is 2.